The highest BCUT2D eigenvalue weighted by molar-refractivity contribution is 6.00. The molecule has 52 heavy (non-hydrogen) atoms. The summed E-state index contributed by atoms with van der Waals surface area (Å²) in [6, 6.07) is 1.88. The number of nitrogens with zero attached hydrogens (tertiary/aromatic N) is 2. The molecule has 5 fully saturated rings. The molecule has 8 nitrogen and oxygen atoms in total. The number of hydrogen-bond acceptors (Lipinski definition) is 7. The first kappa shape index (κ1) is 37.7. The summed E-state index contributed by atoms with van der Waals surface area (Å²) in [6.45, 7) is 20.9. The summed E-state index contributed by atoms with van der Waals surface area (Å²) in [5.41, 5.74) is 1.51. The molecule has 6 aliphatic carbocycles. The highest BCUT2D eigenvalue weighted by Crippen LogP contribution is 2.77. The number of allylic oxidation sites excluding steroid dienone is 2. The van der Waals surface area contributed by atoms with E-state index < -0.39 is 17.4 Å². The monoisotopic (exact) mass is 715 g/mol. The van der Waals surface area contributed by atoms with E-state index in [0.717, 1.165) is 82.2 Å². The van der Waals surface area contributed by atoms with E-state index in [0.29, 0.717) is 30.0 Å². The Morgan fingerprint density at radius 1 is 0.923 bits per heavy atom. The number of Topliss-reactive ketones (excluding diaryl/α,β-unsaturated/α-hetero) is 1. The average molecular weight is 716 g/mol. The van der Waals surface area contributed by atoms with E-state index in [9.17, 15) is 19.5 Å². The minimum atomic E-state index is -1.15. The molecule has 1 aromatic rings. The van der Waals surface area contributed by atoms with Crippen molar-refractivity contribution in [3.63, 3.8) is 0 Å². The molecular weight excluding hydrogens is 651 g/mol. The van der Waals surface area contributed by atoms with Gasteiger partial charge in [0.15, 0.2) is 5.78 Å². The summed E-state index contributed by atoms with van der Waals surface area (Å²) < 4.78 is 6.19. The van der Waals surface area contributed by atoms with Crippen molar-refractivity contribution in [2.45, 2.75) is 157 Å². The molecule has 0 aliphatic heterocycles. The van der Waals surface area contributed by atoms with Crippen LogP contribution in [0.3, 0.4) is 0 Å². The van der Waals surface area contributed by atoms with Gasteiger partial charge in [-0.25, -0.2) is 9.97 Å². The zero-order valence-electron chi connectivity index (χ0n) is 33.5. The number of nitrogens with one attached hydrogen (secondary N) is 1. The average Bonchev–Trinajstić information content (AvgIpc) is 3.79. The quantitative estimate of drug-likeness (QED) is 0.231. The highest BCUT2D eigenvalue weighted by Gasteiger charge is 2.70. The van der Waals surface area contributed by atoms with E-state index >= 15 is 0 Å². The molecule has 0 saturated heterocycles. The van der Waals surface area contributed by atoms with Crippen LogP contribution < -0.4 is 5.32 Å². The van der Waals surface area contributed by atoms with Crippen LogP contribution in [0, 0.1) is 56.2 Å². The van der Waals surface area contributed by atoms with Crippen molar-refractivity contribution in [3.05, 3.63) is 35.4 Å². The van der Waals surface area contributed by atoms with E-state index in [2.05, 4.69) is 63.8 Å². The van der Waals surface area contributed by atoms with Crippen molar-refractivity contribution in [2.24, 2.45) is 56.2 Å². The molecule has 8 atom stereocenters. The lowest BCUT2D eigenvalue weighted by Gasteiger charge is -2.72. The first-order chi connectivity index (χ1) is 24.3. The number of carbonyl (C=O) groups excluding carboxylic acids is 2. The molecule has 0 amide bonds. The van der Waals surface area contributed by atoms with Gasteiger partial charge >= 0.3 is 11.9 Å². The maximum absolute atomic E-state index is 14.1. The van der Waals surface area contributed by atoms with Crippen LogP contribution in [0.15, 0.2) is 29.6 Å². The first-order valence-electron chi connectivity index (χ1n) is 20.5. The number of carboxylic acids is 1. The summed E-state index contributed by atoms with van der Waals surface area (Å²) in [5, 5.41) is 13.5. The molecule has 0 spiro atoms. The molecule has 0 aromatic carbocycles. The zero-order valence-corrected chi connectivity index (χ0v) is 33.5. The van der Waals surface area contributed by atoms with E-state index in [4.69, 9.17) is 4.74 Å². The van der Waals surface area contributed by atoms with Crippen molar-refractivity contribution in [1.29, 1.82) is 0 Å². The second-order valence-electron chi connectivity index (χ2n) is 20.5. The van der Waals surface area contributed by atoms with Gasteiger partial charge in [0.1, 0.15) is 11.9 Å². The number of aliphatic carboxylic acids is 1. The van der Waals surface area contributed by atoms with Gasteiger partial charge in [0.25, 0.3) is 0 Å². The fourth-order valence-corrected chi connectivity index (χ4v) is 13.6. The third-order valence-electron chi connectivity index (χ3n) is 16.8. The van der Waals surface area contributed by atoms with E-state index in [1.807, 2.05) is 18.5 Å². The van der Waals surface area contributed by atoms with Gasteiger partial charge in [0.2, 0.25) is 0 Å². The molecule has 8 heteroatoms. The number of carboxylic acid groups (broad SMARTS) is 1. The fourth-order valence-electron chi connectivity index (χ4n) is 13.6. The lowest BCUT2D eigenvalue weighted by Crippen LogP contribution is -2.65. The molecule has 1 aromatic heterocycles. The Morgan fingerprint density at radius 2 is 1.62 bits per heavy atom. The molecular formula is C44H65N3O5. The molecule has 7 rings (SSSR count). The van der Waals surface area contributed by atoms with Gasteiger partial charge in [-0.3, -0.25) is 14.4 Å². The van der Waals surface area contributed by atoms with Gasteiger partial charge in [0, 0.05) is 29.6 Å². The zero-order chi connectivity index (χ0) is 37.7. The lowest BCUT2D eigenvalue weighted by molar-refractivity contribution is -0.233. The Labute approximate surface area is 312 Å². The van der Waals surface area contributed by atoms with E-state index in [-0.39, 0.29) is 51.1 Å². The standard InChI is InChI=1S/C44H65N3O5/c1-27(2)34-29(48)25-43(21-24-47-44(19-20-44)36-45-22-10-23-46-36)18-17-41(8)28(35(34)43)11-12-31-40(7)15-14-32(52-33(49)26-38(3,4)37(50)51)39(5,6)30(40)13-16-42(31,41)9/h10,22-23,27-28,30-32,47H,11-21,24-26H2,1-9H3,(H,50,51). The molecule has 2 N–H and O–H groups in total. The van der Waals surface area contributed by atoms with Crippen molar-refractivity contribution >= 4 is 17.7 Å². The van der Waals surface area contributed by atoms with Crippen LogP contribution in [0.25, 0.3) is 0 Å². The maximum Gasteiger partial charge on any atom is 0.309 e. The van der Waals surface area contributed by atoms with Crippen LogP contribution in [0.1, 0.15) is 152 Å². The number of ether oxygens (including phenoxy) is 1. The molecule has 286 valence electrons. The van der Waals surface area contributed by atoms with Crippen LogP contribution in [-0.2, 0) is 24.7 Å². The topological polar surface area (TPSA) is 118 Å². The van der Waals surface area contributed by atoms with E-state index in [1.165, 1.54) is 12.0 Å². The van der Waals surface area contributed by atoms with Crippen LogP contribution >= 0.6 is 0 Å². The predicted molar refractivity (Wildman–Crippen MR) is 201 cm³/mol. The number of hydrogen-bond donors (Lipinski definition) is 2. The Balaban J connectivity index is 1.13. The van der Waals surface area contributed by atoms with Crippen LogP contribution in [0.5, 0.6) is 0 Å². The number of esters is 1. The van der Waals surface area contributed by atoms with Gasteiger partial charge in [-0.1, -0.05) is 54.0 Å². The van der Waals surface area contributed by atoms with Crippen molar-refractivity contribution in [3.8, 4) is 0 Å². The summed E-state index contributed by atoms with van der Waals surface area (Å²) in [5.74, 6) is 1.53. The summed E-state index contributed by atoms with van der Waals surface area (Å²) in [6.07, 6.45) is 15.7. The summed E-state index contributed by atoms with van der Waals surface area (Å²) >= 11 is 0. The lowest BCUT2D eigenvalue weighted by atomic mass is 9.33. The fraction of sp³-hybridized carbons (Fsp3) is 0.795. The number of aromatic nitrogens is 2. The third kappa shape index (κ3) is 5.56. The molecule has 8 unspecified atom stereocenters. The van der Waals surface area contributed by atoms with Gasteiger partial charge in [-0.2, -0.15) is 0 Å². The molecule has 5 saturated carbocycles. The third-order valence-corrected chi connectivity index (χ3v) is 16.8. The smallest absolute Gasteiger partial charge is 0.309 e. The molecule has 1 heterocycles. The predicted octanol–water partition coefficient (Wildman–Crippen LogP) is 8.84. The maximum atomic E-state index is 14.1. The van der Waals surface area contributed by atoms with Gasteiger partial charge in [-0.15, -0.1) is 0 Å². The largest absolute Gasteiger partial charge is 0.481 e. The minimum Gasteiger partial charge on any atom is -0.481 e. The van der Waals surface area contributed by atoms with Crippen molar-refractivity contribution in [2.75, 3.05) is 6.54 Å². The van der Waals surface area contributed by atoms with Crippen LogP contribution in [-0.4, -0.2) is 45.4 Å². The van der Waals surface area contributed by atoms with Crippen molar-refractivity contribution in [1.82, 2.24) is 15.3 Å². The molecule has 0 bridgehead atoms. The second-order valence-corrected chi connectivity index (χ2v) is 20.5. The van der Waals surface area contributed by atoms with Crippen LogP contribution in [0.4, 0.5) is 0 Å². The number of carbonyl (C=O) groups is 3. The molecule has 6 aliphatic rings. The Kier molecular flexibility index (Phi) is 9.03. The van der Waals surface area contributed by atoms with Gasteiger partial charge < -0.3 is 15.2 Å². The minimum absolute atomic E-state index is 0.0646. The van der Waals surface area contributed by atoms with Crippen LogP contribution in [0.2, 0.25) is 0 Å². The number of fused-ring (bicyclic) bond motifs is 7. The number of rotatable bonds is 10. The molecule has 0 radical (unpaired) electrons. The Morgan fingerprint density at radius 3 is 2.25 bits per heavy atom. The SMILES string of the molecule is CC(C)C1=C2C3CCC4C5(C)CCC(OC(=O)CC(C)(C)C(=O)O)C(C)(C)C5CCC4(C)C3(C)CCC2(CCNC2(c3ncccn3)CC2)CC1=O. The van der Waals surface area contributed by atoms with Crippen molar-refractivity contribution < 1.29 is 24.2 Å². The van der Waals surface area contributed by atoms with Gasteiger partial charge in [-0.05, 0) is 143 Å². The summed E-state index contributed by atoms with van der Waals surface area (Å²) in [7, 11) is 0. The first-order valence-corrected chi connectivity index (χ1v) is 20.5. The summed E-state index contributed by atoms with van der Waals surface area (Å²) in [4.78, 5) is 48.1. The Bertz CT molecular complexity index is 1650. The van der Waals surface area contributed by atoms with E-state index in [1.54, 1.807) is 13.8 Å². The normalized spacial score (nSPS) is 38.9. The second kappa shape index (κ2) is 12.5. The number of ketones is 1. The highest BCUT2D eigenvalue weighted by atomic mass is 16.5. The van der Waals surface area contributed by atoms with Gasteiger partial charge in [0.05, 0.1) is 17.4 Å². The Hall–Kier alpha value is -2.61.